The van der Waals surface area contributed by atoms with Crippen LogP contribution >= 0.6 is 0 Å². The zero-order valence-corrected chi connectivity index (χ0v) is 18.8. The SMILES string of the molecule is CCN1CCN(c2ccc(F)cc2C(C)NC(=O)Cc2c(C)[nH]c3ccc(F)cc23)CC1. The summed E-state index contributed by atoms with van der Waals surface area (Å²) in [4.78, 5) is 20.7. The van der Waals surface area contributed by atoms with E-state index < -0.39 is 0 Å². The molecule has 1 aromatic heterocycles. The van der Waals surface area contributed by atoms with Crippen molar-refractivity contribution < 1.29 is 13.6 Å². The summed E-state index contributed by atoms with van der Waals surface area (Å²) in [6, 6.07) is 8.96. The van der Waals surface area contributed by atoms with Crippen molar-refractivity contribution in [2.45, 2.75) is 33.2 Å². The van der Waals surface area contributed by atoms with E-state index in [-0.39, 0.29) is 30.0 Å². The predicted octanol–water partition coefficient (Wildman–Crippen LogP) is 4.32. The van der Waals surface area contributed by atoms with Gasteiger partial charge in [-0.1, -0.05) is 6.92 Å². The van der Waals surface area contributed by atoms with Gasteiger partial charge in [-0.15, -0.1) is 0 Å². The summed E-state index contributed by atoms with van der Waals surface area (Å²) in [7, 11) is 0. The van der Waals surface area contributed by atoms with E-state index in [4.69, 9.17) is 0 Å². The van der Waals surface area contributed by atoms with Gasteiger partial charge in [0.1, 0.15) is 11.6 Å². The summed E-state index contributed by atoms with van der Waals surface area (Å²) in [5, 5.41) is 3.73. The van der Waals surface area contributed by atoms with Crippen molar-refractivity contribution in [3.05, 3.63) is 64.9 Å². The molecule has 1 aliphatic rings. The van der Waals surface area contributed by atoms with Crippen molar-refractivity contribution in [2.24, 2.45) is 0 Å². The molecule has 1 amide bonds. The first kappa shape index (κ1) is 22.3. The molecule has 1 fully saturated rings. The van der Waals surface area contributed by atoms with E-state index in [0.29, 0.717) is 5.39 Å². The number of carbonyl (C=O) groups excluding carboxylic acids is 1. The second-order valence-corrected chi connectivity index (χ2v) is 8.51. The van der Waals surface area contributed by atoms with Crippen molar-refractivity contribution in [1.29, 1.82) is 0 Å². The van der Waals surface area contributed by atoms with Gasteiger partial charge in [-0.2, -0.15) is 0 Å². The highest BCUT2D eigenvalue weighted by Crippen LogP contribution is 2.29. The highest BCUT2D eigenvalue weighted by molar-refractivity contribution is 5.90. The molecule has 2 N–H and O–H groups in total. The Morgan fingerprint density at radius 1 is 1.09 bits per heavy atom. The molecule has 7 heteroatoms. The zero-order valence-electron chi connectivity index (χ0n) is 18.8. The molecular weight excluding hydrogens is 410 g/mol. The zero-order chi connectivity index (χ0) is 22.8. The van der Waals surface area contributed by atoms with Gasteiger partial charge >= 0.3 is 0 Å². The van der Waals surface area contributed by atoms with Crippen molar-refractivity contribution in [3.8, 4) is 0 Å². The number of fused-ring (bicyclic) bond motifs is 1. The van der Waals surface area contributed by atoms with Crippen LogP contribution in [-0.4, -0.2) is 48.5 Å². The molecular formula is C25H30F2N4O. The van der Waals surface area contributed by atoms with Crippen LogP contribution in [0.5, 0.6) is 0 Å². The lowest BCUT2D eigenvalue weighted by Crippen LogP contribution is -2.46. The molecule has 170 valence electrons. The van der Waals surface area contributed by atoms with Gasteiger partial charge in [-0.05, 0) is 62.4 Å². The second kappa shape index (κ2) is 9.28. The van der Waals surface area contributed by atoms with E-state index in [1.807, 2.05) is 19.9 Å². The molecule has 32 heavy (non-hydrogen) atoms. The summed E-state index contributed by atoms with van der Waals surface area (Å²) < 4.78 is 27.9. The largest absolute Gasteiger partial charge is 0.369 e. The number of likely N-dealkylation sites (N-methyl/N-ethyl adjacent to an activating group) is 1. The van der Waals surface area contributed by atoms with Gasteiger partial charge in [0.25, 0.3) is 0 Å². The standard InChI is InChI=1S/C25H30F2N4O/c1-4-30-9-11-31(12-10-30)24-8-6-19(27)13-21(24)17(3)29-25(32)15-20-16(2)28-23-7-5-18(26)14-22(20)23/h5-8,13-14,17,28H,4,9-12,15H2,1-3H3,(H,29,32). The molecule has 2 heterocycles. The number of rotatable bonds is 6. The fraction of sp³-hybridized carbons (Fsp3) is 0.400. The number of hydrogen-bond acceptors (Lipinski definition) is 3. The number of aromatic nitrogens is 1. The molecule has 0 radical (unpaired) electrons. The Morgan fingerprint density at radius 2 is 1.78 bits per heavy atom. The molecule has 0 saturated carbocycles. The summed E-state index contributed by atoms with van der Waals surface area (Å²) in [5.41, 5.74) is 4.15. The Kier molecular flexibility index (Phi) is 6.46. The van der Waals surface area contributed by atoms with Crippen LogP contribution in [0, 0.1) is 18.6 Å². The minimum Gasteiger partial charge on any atom is -0.369 e. The number of anilines is 1. The molecule has 0 bridgehead atoms. The number of halogens is 2. The number of hydrogen-bond donors (Lipinski definition) is 2. The van der Waals surface area contributed by atoms with E-state index in [0.717, 1.165) is 60.7 Å². The number of carbonyl (C=O) groups is 1. The van der Waals surface area contributed by atoms with Crippen LogP contribution < -0.4 is 10.2 Å². The maximum Gasteiger partial charge on any atom is 0.224 e. The van der Waals surface area contributed by atoms with Gasteiger partial charge < -0.3 is 20.1 Å². The molecule has 4 rings (SSSR count). The van der Waals surface area contributed by atoms with Gasteiger partial charge in [0, 0.05) is 54.0 Å². The summed E-state index contributed by atoms with van der Waals surface area (Å²) in [6.45, 7) is 10.6. The number of aryl methyl sites for hydroxylation is 1. The van der Waals surface area contributed by atoms with Crippen LogP contribution in [0.25, 0.3) is 10.9 Å². The molecule has 3 aromatic rings. The van der Waals surface area contributed by atoms with E-state index >= 15 is 0 Å². The number of nitrogens with zero attached hydrogens (tertiary/aromatic N) is 2. The lowest BCUT2D eigenvalue weighted by molar-refractivity contribution is -0.121. The topological polar surface area (TPSA) is 51.4 Å². The van der Waals surface area contributed by atoms with Gasteiger partial charge in [-0.25, -0.2) is 8.78 Å². The van der Waals surface area contributed by atoms with Crippen molar-refractivity contribution >= 4 is 22.5 Å². The van der Waals surface area contributed by atoms with Crippen molar-refractivity contribution in [2.75, 3.05) is 37.6 Å². The minimum atomic E-state index is -0.361. The first-order chi connectivity index (χ1) is 15.4. The molecule has 0 aliphatic carbocycles. The van der Waals surface area contributed by atoms with Crippen LogP contribution in [0.2, 0.25) is 0 Å². The van der Waals surface area contributed by atoms with Crippen LogP contribution in [0.4, 0.5) is 14.5 Å². The number of benzene rings is 2. The fourth-order valence-electron chi connectivity index (χ4n) is 4.58. The maximum absolute atomic E-state index is 14.1. The van der Waals surface area contributed by atoms with Crippen LogP contribution in [0.1, 0.15) is 36.7 Å². The molecule has 1 unspecified atom stereocenters. The van der Waals surface area contributed by atoms with Crippen LogP contribution in [0.15, 0.2) is 36.4 Å². The van der Waals surface area contributed by atoms with E-state index in [2.05, 4.69) is 27.0 Å². The smallest absolute Gasteiger partial charge is 0.224 e. The van der Waals surface area contributed by atoms with Gasteiger partial charge in [-0.3, -0.25) is 4.79 Å². The van der Waals surface area contributed by atoms with E-state index in [1.54, 1.807) is 6.07 Å². The first-order valence-electron chi connectivity index (χ1n) is 11.2. The number of aromatic amines is 1. The molecule has 1 atom stereocenters. The van der Waals surface area contributed by atoms with Crippen molar-refractivity contribution in [1.82, 2.24) is 15.2 Å². The average Bonchev–Trinajstić information content (AvgIpc) is 3.08. The highest BCUT2D eigenvalue weighted by atomic mass is 19.1. The number of nitrogens with one attached hydrogen (secondary N) is 2. The Bertz CT molecular complexity index is 1120. The Labute approximate surface area is 187 Å². The Balaban J connectivity index is 1.51. The van der Waals surface area contributed by atoms with Crippen LogP contribution in [-0.2, 0) is 11.2 Å². The average molecular weight is 441 g/mol. The third-order valence-electron chi connectivity index (χ3n) is 6.41. The maximum atomic E-state index is 14.1. The lowest BCUT2D eigenvalue weighted by Gasteiger charge is -2.37. The van der Waals surface area contributed by atoms with E-state index in [1.165, 1.54) is 24.3 Å². The van der Waals surface area contributed by atoms with Gasteiger partial charge in [0.05, 0.1) is 12.5 Å². The molecule has 5 nitrogen and oxygen atoms in total. The Hall–Kier alpha value is -2.93. The molecule has 0 spiro atoms. The molecule has 1 aliphatic heterocycles. The molecule has 2 aromatic carbocycles. The first-order valence-corrected chi connectivity index (χ1v) is 11.2. The quantitative estimate of drug-likeness (QED) is 0.600. The van der Waals surface area contributed by atoms with Gasteiger partial charge in [0.15, 0.2) is 0 Å². The predicted molar refractivity (Wildman–Crippen MR) is 124 cm³/mol. The van der Waals surface area contributed by atoms with E-state index in [9.17, 15) is 13.6 Å². The second-order valence-electron chi connectivity index (χ2n) is 8.51. The summed E-state index contributed by atoms with van der Waals surface area (Å²) in [5.74, 6) is -0.837. The number of H-pyrrole nitrogens is 1. The Morgan fingerprint density at radius 3 is 2.50 bits per heavy atom. The third-order valence-corrected chi connectivity index (χ3v) is 6.41. The monoisotopic (exact) mass is 440 g/mol. The van der Waals surface area contributed by atoms with Crippen molar-refractivity contribution in [3.63, 3.8) is 0 Å². The molecule has 1 saturated heterocycles. The van der Waals surface area contributed by atoms with Gasteiger partial charge in [0.2, 0.25) is 5.91 Å². The minimum absolute atomic E-state index is 0.124. The fourth-order valence-corrected chi connectivity index (χ4v) is 4.58. The highest BCUT2D eigenvalue weighted by Gasteiger charge is 2.22. The summed E-state index contributed by atoms with van der Waals surface area (Å²) in [6.07, 6.45) is 0.124. The van der Waals surface area contributed by atoms with Crippen LogP contribution in [0.3, 0.4) is 0 Å². The lowest BCUT2D eigenvalue weighted by atomic mass is 10.0. The number of amides is 1. The number of piperazine rings is 1. The summed E-state index contributed by atoms with van der Waals surface area (Å²) >= 11 is 0. The third kappa shape index (κ3) is 4.63. The normalized spacial score (nSPS) is 15.8.